The van der Waals surface area contributed by atoms with Crippen LogP contribution in [-0.2, 0) is 15.9 Å². The van der Waals surface area contributed by atoms with E-state index in [2.05, 4.69) is 35.6 Å². The monoisotopic (exact) mass is 288 g/mol. The molecule has 1 aliphatic carbocycles. The molecule has 0 saturated heterocycles. The van der Waals surface area contributed by atoms with Crippen molar-refractivity contribution in [1.82, 2.24) is 0 Å². The van der Waals surface area contributed by atoms with E-state index in [0.717, 1.165) is 19.1 Å². The van der Waals surface area contributed by atoms with Crippen LogP contribution < -0.4 is 0 Å². The third-order valence-electron chi connectivity index (χ3n) is 4.09. The molecular weight excluding hydrogens is 264 g/mol. The first-order valence-electron chi connectivity index (χ1n) is 7.83. The van der Waals surface area contributed by atoms with Crippen molar-refractivity contribution in [3.63, 3.8) is 0 Å². The van der Waals surface area contributed by atoms with Crippen molar-refractivity contribution < 1.29 is 14.3 Å². The lowest BCUT2D eigenvalue weighted by molar-refractivity contribution is 0.0840. The summed E-state index contributed by atoms with van der Waals surface area (Å²) in [4.78, 5) is 11.1. The van der Waals surface area contributed by atoms with E-state index in [1.54, 1.807) is 0 Å². The molecule has 114 valence electrons. The van der Waals surface area contributed by atoms with Crippen LogP contribution in [0.4, 0.5) is 4.79 Å². The molecule has 2 rings (SSSR count). The van der Waals surface area contributed by atoms with Gasteiger partial charge in [0.05, 0.1) is 12.9 Å². The van der Waals surface area contributed by atoms with Crippen molar-refractivity contribution >= 4 is 6.16 Å². The second-order valence-electron chi connectivity index (χ2n) is 5.52. The zero-order valence-electron chi connectivity index (χ0n) is 12.6. The van der Waals surface area contributed by atoms with Gasteiger partial charge in [0.2, 0.25) is 0 Å². The molecule has 0 radical (unpaired) electrons. The summed E-state index contributed by atoms with van der Waals surface area (Å²) in [5.74, 6) is 0.710. The molecule has 1 saturated carbocycles. The Morgan fingerprint density at radius 3 is 2.76 bits per heavy atom. The zero-order chi connectivity index (χ0) is 14.9. The average Bonchev–Trinajstić information content (AvgIpc) is 2.53. The largest absolute Gasteiger partial charge is 0.513 e. The lowest BCUT2D eigenvalue weighted by Crippen LogP contribution is -2.09. The maximum absolute atomic E-state index is 11.1. The molecule has 21 heavy (non-hydrogen) atoms. The topological polar surface area (TPSA) is 35.5 Å². The zero-order valence-corrected chi connectivity index (χ0v) is 12.6. The minimum atomic E-state index is -0.675. The molecule has 0 N–H and O–H groups in total. The van der Waals surface area contributed by atoms with Crippen molar-refractivity contribution in [2.75, 3.05) is 6.61 Å². The van der Waals surface area contributed by atoms with Crippen LogP contribution in [0.25, 0.3) is 0 Å². The fourth-order valence-electron chi connectivity index (χ4n) is 3.09. The molecule has 0 aromatic heterocycles. The van der Waals surface area contributed by atoms with Crippen molar-refractivity contribution in [2.24, 2.45) is 0 Å². The lowest BCUT2D eigenvalue weighted by Gasteiger charge is -2.24. The number of aryl methyl sites for hydroxylation is 1. The highest BCUT2D eigenvalue weighted by Crippen LogP contribution is 2.34. The summed E-state index contributed by atoms with van der Waals surface area (Å²) in [5.41, 5.74) is 2.89. The first kappa shape index (κ1) is 15.6. The fourth-order valence-corrected chi connectivity index (χ4v) is 3.09. The van der Waals surface area contributed by atoms with E-state index in [-0.39, 0.29) is 0 Å². The highest BCUT2D eigenvalue weighted by Gasteiger charge is 2.17. The normalized spacial score (nSPS) is 15.4. The van der Waals surface area contributed by atoms with Crippen LogP contribution in [0.2, 0.25) is 0 Å². The van der Waals surface area contributed by atoms with Crippen molar-refractivity contribution in [1.29, 1.82) is 0 Å². The second kappa shape index (κ2) is 8.50. The van der Waals surface area contributed by atoms with Gasteiger partial charge in [-0.2, -0.15) is 0 Å². The maximum atomic E-state index is 11.1. The van der Waals surface area contributed by atoms with Gasteiger partial charge in [0.25, 0.3) is 0 Å². The summed E-state index contributed by atoms with van der Waals surface area (Å²) in [6, 6.07) is 8.68. The highest BCUT2D eigenvalue weighted by atomic mass is 16.7. The lowest BCUT2D eigenvalue weighted by atomic mass is 9.81. The van der Waals surface area contributed by atoms with Crippen LogP contribution in [0.5, 0.6) is 0 Å². The number of ether oxygens (including phenoxy) is 2. The van der Waals surface area contributed by atoms with Crippen LogP contribution in [0.1, 0.15) is 55.6 Å². The molecule has 1 fully saturated rings. The van der Waals surface area contributed by atoms with Gasteiger partial charge in [-0.05, 0) is 42.7 Å². The summed E-state index contributed by atoms with van der Waals surface area (Å²) < 4.78 is 9.47. The Hall–Kier alpha value is -1.77. The van der Waals surface area contributed by atoms with Crippen molar-refractivity contribution in [2.45, 2.75) is 50.9 Å². The SMILES string of the molecule is C=COC(=O)OCCCc1ccccc1C1CCCCC1. The maximum Gasteiger partial charge on any atom is 0.513 e. The van der Waals surface area contributed by atoms with Crippen LogP contribution in [0.3, 0.4) is 0 Å². The summed E-state index contributed by atoms with van der Waals surface area (Å²) in [6.07, 6.45) is 8.83. The second-order valence-corrected chi connectivity index (χ2v) is 5.52. The molecule has 0 aliphatic heterocycles. The number of carbonyl (C=O) groups excluding carboxylic acids is 1. The summed E-state index contributed by atoms with van der Waals surface area (Å²) in [6.45, 7) is 3.70. The van der Waals surface area contributed by atoms with Gasteiger partial charge in [0.1, 0.15) is 0 Å². The Kier molecular flexibility index (Phi) is 6.32. The van der Waals surface area contributed by atoms with Gasteiger partial charge in [-0.1, -0.05) is 50.1 Å². The molecular formula is C18H24O3. The highest BCUT2D eigenvalue weighted by molar-refractivity contribution is 5.60. The predicted molar refractivity (Wildman–Crippen MR) is 83.2 cm³/mol. The molecule has 1 aromatic rings. The van der Waals surface area contributed by atoms with Crippen LogP contribution >= 0.6 is 0 Å². The summed E-state index contributed by atoms with van der Waals surface area (Å²) >= 11 is 0. The Morgan fingerprint density at radius 1 is 1.24 bits per heavy atom. The minimum Gasteiger partial charge on any atom is -0.434 e. The van der Waals surface area contributed by atoms with Crippen molar-refractivity contribution in [3.8, 4) is 0 Å². The molecule has 0 amide bonds. The summed E-state index contributed by atoms with van der Waals surface area (Å²) in [5, 5.41) is 0. The van der Waals surface area contributed by atoms with Gasteiger partial charge >= 0.3 is 6.16 Å². The number of carbonyl (C=O) groups is 1. The fraction of sp³-hybridized carbons (Fsp3) is 0.500. The Labute approximate surface area is 127 Å². The molecule has 0 heterocycles. The van der Waals surface area contributed by atoms with Crippen LogP contribution in [-0.4, -0.2) is 12.8 Å². The third kappa shape index (κ3) is 4.92. The van der Waals surface area contributed by atoms with E-state index in [0.29, 0.717) is 12.5 Å². The van der Waals surface area contributed by atoms with Gasteiger partial charge in [-0.25, -0.2) is 4.79 Å². The van der Waals surface area contributed by atoms with Gasteiger partial charge in [-0.15, -0.1) is 0 Å². The van der Waals surface area contributed by atoms with Gasteiger partial charge in [0.15, 0.2) is 0 Å². The molecule has 0 unspecified atom stereocenters. The quantitative estimate of drug-likeness (QED) is 0.421. The first-order chi connectivity index (χ1) is 10.3. The molecule has 0 bridgehead atoms. The van der Waals surface area contributed by atoms with Crippen molar-refractivity contribution in [3.05, 3.63) is 48.2 Å². The van der Waals surface area contributed by atoms with Crippen LogP contribution in [0, 0.1) is 0 Å². The van der Waals surface area contributed by atoms with E-state index in [1.165, 1.54) is 43.2 Å². The average molecular weight is 288 g/mol. The van der Waals surface area contributed by atoms with E-state index in [1.807, 2.05) is 0 Å². The predicted octanol–water partition coefficient (Wildman–Crippen LogP) is 4.96. The van der Waals surface area contributed by atoms with E-state index >= 15 is 0 Å². The number of rotatable bonds is 6. The standard InChI is InChI=1S/C18H24O3/c1-2-20-18(19)21-14-8-12-16-11-6-7-13-17(16)15-9-4-3-5-10-15/h2,6-7,11,13,15H,1,3-5,8-10,12,14H2. The Balaban J connectivity index is 1.85. The molecule has 0 atom stereocenters. The van der Waals surface area contributed by atoms with Gasteiger partial charge in [-0.3, -0.25) is 0 Å². The minimum absolute atomic E-state index is 0.381. The molecule has 3 heteroatoms. The van der Waals surface area contributed by atoms with E-state index in [4.69, 9.17) is 4.74 Å². The Morgan fingerprint density at radius 2 is 2.00 bits per heavy atom. The van der Waals surface area contributed by atoms with Crippen LogP contribution in [0.15, 0.2) is 37.1 Å². The molecule has 1 aliphatic rings. The summed E-state index contributed by atoms with van der Waals surface area (Å²) in [7, 11) is 0. The molecule has 1 aromatic carbocycles. The van der Waals surface area contributed by atoms with Gasteiger partial charge in [0, 0.05) is 0 Å². The molecule has 0 spiro atoms. The van der Waals surface area contributed by atoms with E-state index in [9.17, 15) is 4.79 Å². The number of benzene rings is 1. The van der Waals surface area contributed by atoms with Gasteiger partial charge < -0.3 is 9.47 Å². The first-order valence-corrected chi connectivity index (χ1v) is 7.83. The molecule has 3 nitrogen and oxygen atoms in total. The Bertz CT molecular complexity index is 461. The smallest absolute Gasteiger partial charge is 0.434 e. The van der Waals surface area contributed by atoms with E-state index < -0.39 is 6.16 Å². The third-order valence-corrected chi connectivity index (χ3v) is 4.09. The number of hydrogen-bond acceptors (Lipinski definition) is 3. The number of hydrogen-bond donors (Lipinski definition) is 0.